The number of carbonyl (C=O) groups is 2. The predicted octanol–water partition coefficient (Wildman–Crippen LogP) is 1.11. The van der Waals surface area contributed by atoms with Crippen LogP contribution in [-0.4, -0.2) is 105 Å². The Bertz CT molecular complexity index is 1840. The molecule has 0 aliphatic carbocycles. The second-order valence-corrected chi connectivity index (χ2v) is 12.2. The number of rotatable bonds is 10. The summed E-state index contributed by atoms with van der Waals surface area (Å²) < 4.78 is 58.0. The van der Waals surface area contributed by atoms with Crippen molar-refractivity contribution >= 4 is 38.9 Å². The molecule has 0 radical (unpaired) electrons. The van der Waals surface area contributed by atoms with Gasteiger partial charge in [0, 0.05) is 51.1 Å². The molecule has 2 atom stereocenters. The van der Waals surface area contributed by atoms with Crippen LogP contribution >= 0.6 is 0 Å². The molecule has 0 saturated carbocycles. The Hall–Kier alpha value is -4.75. The van der Waals surface area contributed by atoms with Crippen LogP contribution in [0.2, 0.25) is 0 Å². The van der Waals surface area contributed by atoms with Crippen LogP contribution < -0.4 is 19.8 Å². The van der Waals surface area contributed by atoms with Gasteiger partial charge in [0.1, 0.15) is 17.4 Å². The topological polar surface area (TPSA) is 228 Å². The minimum absolute atomic E-state index is 0.115. The molecule has 16 nitrogen and oxygen atoms in total. The number of ether oxygens (including phenoxy) is 2. The number of benzene rings is 2. The van der Waals surface area contributed by atoms with Gasteiger partial charge in [-0.25, -0.2) is 23.5 Å². The third kappa shape index (κ3) is 8.95. The van der Waals surface area contributed by atoms with Gasteiger partial charge in [0.15, 0.2) is 17.7 Å². The van der Waals surface area contributed by atoms with E-state index in [-0.39, 0.29) is 34.6 Å². The van der Waals surface area contributed by atoms with E-state index >= 15 is 4.39 Å². The van der Waals surface area contributed by atoms with Crippen molar-refractivity contribution in [2.24, 2.45) is 0 Å². The summed E-state index contributed by atoms with van der Waals surface area (Å²) in [6.07, 6.45) is -3.48. The highest BCUT2D eigenvalue weighted by Gasteiger charge is 2.38. The number of nitrogens with zero attached hydrogens (tertiary/aromatic N) is 2. The molecule has 0 saturated heterocycles. The normalized spacial score (nSPS) is 15.3. The molecule has 2 aromatic carbocycles. The number of halogens is 1. The molecule has 0 spiro atoms. The van der Waals surface area contributed by atoms with Crippen LogP contribution in [0.4, 0.5) is 14.9 Å². The summed E-state index contributed by atoms with van der Waals surface area (Å²) >= 11 is 0. The zero-order chi connectivity index (χ0) is 35.2. The lowest BCUT2D eigenvalue weighted by Gasteiger charge is -2.17. The third-order valence-electron chi connectivity index (χ3n) is 6.57. The molecule has 0 unspecified atom stereocenters. The van der Waals surface area contributed by atoms with Crippen molar-refractivity contribution in [3.8, 4) is 5.75 Å². The zero-order valence-corrected chi connectivity index (χ0v) is 26.8. The number of aliphatic hydroxyl groups is 4. The van der Waals surface area contributed by atoms with E-state index < -0.39 is 64.0 Å². The molecule has 0 bridgehead atoms. The van der Waals surface area contributed by atoms with Gasteiger partial charge in [0.05, 0.1) is 12.3 Å². The molecule has 18 heteroatoms. The standard InChI is InChI=1S/C23H27FN4O6S.C6H8O6/c1-25-35(31,32)26-19-8-6-7-14(21(19)24)11-17-18(13-27(2)3)16-10-9-15(33-23(30)28(4)5)12-20(16)34-22(17)29;7-1-2(8)5-3(9)4(10)6(11)12-5/h6-10,12,25-26H,11,13H2,1-5H3;2,5,7-10H,1H2/t;2-,5+/m.0/s1. The predicted molar refractivity (Wildman–Crippen MR) is 166 cm³/mol. The number of hydrogen-bond acceptors (Lipinski definition) is 13. The van der Waals surface area contributed by atoms with Gasteiger partial charge >= 0.3 is 17.7 Å². The highest BCUT2D eigenvalue weighted by atomic mass is 32.2. The molecular formula is C29H35FN4O12S. The van der Waals surface area contributed by atoms with Crippen molar-refractivity contribution in [2.45, 2.75) is 25.2 Å². The Balaban J connectivity index is 0.000000420. The first kappa shape index (κ1) is 36.7. The van der Waals surface area contributed by atoms with E-state index in [1.54, 1.807) is 26.2 Å². The first-order valence-electron chi connectivity index (χ1n) is 13.7. The van der Waals surface area contributed by atoms with Gasteiger partial charge in [-0.1, -0.05) is 12.1 Å². The summed E-state index contributed by atoms with van der Waals surface area (Å²) in [4.78, 5) is 38.5. The van der Waals surface area contributed by atoms with Crippen LogP contribution in [0.3, 0.4) is 0 Å². The van der Waals surface area contributed by atoms with Gasteiger partial charge in [-0.05, 0) is 43.4 Å². The Labute approximate surface area is 268 Å². The lowest BCUT2D eigenvalue weighted by Crippen LogP contribution is -2.31. The molecule has 1 aliphatic heterocycles. The van der Waals surface area contributed by atoms with Crippen molar-refractivity contribution in [3.63, 3.8) is 0 Å². The van der Waals surface area contributed by atoms with E-state index in [1.807, 2.05) is 19.0 Å². The number of hydrogen-bond donors (Lipinski definition) is 6. The average molecular weight is 683 g/mol. The van der Waals surface area contributed by atoms with Gasteiger partial charge < -0.3 is 44.1 Å². The maximum absolute atomic E-state index is 15.2. The van der Waals surface area contributed by atoms with E-state index in [4.69, 9.17) is 29.6 Å². The maximum Gasteiger partial charge on any atom is 0.414 e. The lowest BCUT2D eigenvalue weighted by molar-refractivity contribution is -0.147. The summed E-state index contributed by atoms with van der Waals surface area (Å²) in [6.45, 7) is -0.322. The number of carbonyl (C=O) groups excluding carboxylic acids is 2. The van der Waals surface area contributed by atoms with Crippen molar-refractivity contribution < 1.29 is 56.7 Å². The number of nitrogens with one attached hydrogen (secondary N) is 2. The molecule has 3 aromatic rings. The van der Waals surface area contributed by atoms with E-state index in [0.717, 1.165) is 0 Å². The quantitative estimate of drug-likeness (QED) is 0.130. The Morgan fingerprint density at radius 1 is 1.11 bits per heavy atom. The summed E-state index contributed by atoms with van der Waals surface area (Å²) in [5.74, 6) is -3.37. The molecule has 0 fully saturated rings. The SMILES string of the molecule is CNS(=O)(=O)Nc1cccc(Cc2c(CN(C)C)c3ccc(OC(=O)N(C)C)cc3oc2=O)c1F.O=C1O[C@H]([C@@H](O)CO)C(O)=C1O. The largest absolute Gasteiger partial charge is 0.505 e. The van der Waals surface area contributed by atoms with Crippen molar-refractivity contribution in [1.29, 1.82) is 0 Å². The Morgan fingerprint density at radius 2 is 1.79 bits per heavy atom. The van der Waals surface area contributed by atoms with Crippen LogP contribution in [0.25, 0.3) is 11.0 Å². The summed E-state index contributed by atoms with van der Waals surface area (Å²) in [5, 5.41) is 35.6. The van der Waals surface area contributed by atoms with Crippen molar-refractivity contribution in [3.05, 3.63) is 80.8 Å². The molecule has 47 heavy (non-hydrogen) atoms. The van der Waals surface area contributed by atoms with Gasteiger partial charge in [-0.2, -0.15) is 8.42 Å². The number of anilines is 1. The smallest absolute Gasteiger partial charge is 0.414 e. The van der Waals surface area contributed by atoms with Gasteiger partial charge in [-0.15, -0.1) is 0 Å². The van der Waals surface area contributed by atoms with E-state index in [2.05, 4.69) is 14.2 Å². The van der Waals surface area contributed by atoms with Crippen LogP contribution in [0.1, 0.15) is 16.7 Å². The minimum Gasteiger partial charge on any atom is -0.505 e. The number of aliphatic hydroxyl groups excluding tert-OH is 4. The Morgan fingerprint density at radius 3 is 2.34 bits per heavy atom. The fraction of sp³-hybridized carbons (Fsp3) is 0.345. The number of fused-ring (bicyclic) bond motifs is 1. The average Bonchev–Trinajstić information content (AvgIpc) is 3.27. The molecule has 6 N–H and O–H groups in total. The monoisotopic (exact) mass is 682 g/mol. The third-order valence-corrected chi connectivity index (χ3v) is 7.60. The maximum atomic E-state index is 15.2. The lowest BCUT2D eigenvalue weighted by atomic mass is 9.97. The molecule has 2 heterocycles. The Kier molecular flexibility index (Phi) is 11.9. The van der Waals surface area contributed by atoms with Crippen LogP contribution in [0.15, 0.2) is 57.1 Å². The second-order valence-electron chi connectivity index (χ2n) is 10.6. The molecule has 256 valence electrons. The van der Waals surface area contributed by atoms with Gasteiger partial charge in [0.2, 0.25) is 5.76 Å². The van der Waals surface area contributed by atoms with Gasteiger partial charge in [-0.3, -0.25) is 4.72 Å². The molecule has 4 rings (SSSR count). The fourth-order valence-corrected chi connectivity index (χ4v) is 4.77. The fourth-order valence-electron chi connectivity index (χ4n) is 4.22. The summed E-state index contributed by atoms with van der Waals surface area (Å²) in [6, 6.07) is 8.96. The van der Waals surface area contributed by atoms with Crippen LogP contribution in [0.5, 0.6) is 5.75 Å². The molecule has 1 aromatic heterocycles. The molecular weight excluding hydrogens is 647 g/mol. The first-order valence-corrected chi connectivity index (χ1v) is 15.2. The molecule has 1 aliphatic rings. The van der Waals surface area contributed by atoms with E-state index in [1.165, 1.54) is 36.2 Å². The molecule has 1 amide bonds. The number of cyclic esters (lactones) is 1. The van der Waals surface area contributed by atoms with Crippen LogP contribution in [0, 0.1) is 5.82 Å². The van der Waals surface area contributed by atoms with Gasteiger partial charge in [0.25, 0.3) is 10.2 Å². The highest BCUT2D eigenvalue weighted by molar-refractivity contribution is 7.90. The zero-order valence-electron chi connectivity index (χ0n) is 26.0. The van der Waals surface area contributed by atoms with E-state index in [0.29, 0.717) is 17.5 Å². The van der Waals surface area contributed by atoms with Crippen molar-refractivity contribution in [2.75, 3.05) is 46.6 Å². The summed E-state index contributed by atoms with van der Waals surface area (Å²) in [5.41, 5.74) is 0.263. The minimum atomic E-state index is -3.93. The second kappa shape index (κ2) is 15.2. The van der Waals surface area contributed by atoms with Crippen molar-refractivity contribution in [1.82, 2.24) is 14.5 Å². The van der Waals surface area contributed by atoms with E-state index in [9.17, 15) is 22.8 Å². The number of esters is 1. The van der Waals surface area contributed by atoms with Crippen LogP contribution in [-0.2, 0) is 32.7 Å². The number of amides is 1. The highest BCUT2D eigenvalue weighted by Crippen LogP contribution is 2.29. The summed E-state index contributed by atoms with van der Waals surface area (Å²) in [7, 11) is 4.01. The first-order chi connectivity index (χ1) is 22.0.